The Balaban J connectivity index is 1.52. The van der Waals surface area contributed by atoms with Crippen molar-refractivity contribution in [1.82, 2.24) is 0 Å². The third-order valence-corrected chi connectivity index (χ3v) is 5.74. The van der Waals surface area contributed by atoms with Gasteiger partial charge in [0.25, 0.3) is 0 Å². The molecule has 2 fully saturated rings. The number of hydrogen-bond acceptors (Lipinski definition) is 6. The van der Waals surface area contributed by atoms with Crippen LogP contribution in [0.15, 0.2) is 60.7 Å². The van der Waals surface area contributed by atoms with Gasteiger partial charge in [-0.2, -0.15) is 0 Å². The third-order valence-electron chi connectivity index (χ3n) is 5.74. The molecule has 1 N–H and O–H groups in total. The molecule has 2 aliphatic heterocycles. The highest BCUT2D eigenvalue weighted by atomic mass is 16.8. The summed E-state index contributed by atoms with van der Waals surface area (Å²) in [6.07, 6.45) is -0.130. The summed E-state index contributed by atoms with van der Waals surface area (Å²) in [6.45, 7) is 5.05. The molecule has 2 aromatic carbocycles. The lowest BCUT2D eigenvalue weighted by molar-refractivity contribution is -0.256. The molecule has 4 unspecified atom stereocenters. The van der Waals surface area contributed by atoms with Gasteiger partial charge >= 0.3 is 0 Å². The van der Waals surface area contributed by atoms with Gasteiger partial charge in [-0.1, -0.05) is 60.7 Å². The number of aliphatic hydroxyl groups is 1. The summed E-state index contributed by atoms with van der Waals surface area (Å²) >= 11 is 0. The van der Waals surface area contributed by atoms with E-state index in [-0.39, 0.29) is 18.8 Å². The highest BCUT2D eigenvalue weighted by Gasteiger charge is 2.62. The second-order valence-electron chi connectivity index (χ2n) is 8.67. The summed E-state index contributed by atoms with van der Waals surface area (Å²) in [5.74, 6) is -0.738. The largest absolute Gasteiger partial charge is 0.396 e. The van der Waals surface area contributed by atoms with Crippen LogP contribution in [0.25, 0.3) is 0 Å². The Morgan fingerprint density at radius 1 is 0.871 bits per heavy atom. The molecule has 4 rings (SSSR count). The van der Waals surface area contributed by atoms with E-state index >= 15 is 0 Å². The van der Waals surface area contributed by atoms with Crippen LogP contribution < -0.4 is 0 Å². The summed E-state index contributed by atoms with van der Waals surface area (Å²) in [5.41, 5.74) is 1.40. The topological polar surface area (TPSA) is 66.4 Å². The second kappa shape index (κ2) is 9.77. The van der Waals surface area contributed by atoms with Gasteiger partial charge in [-0.05, 0) is 37.8 Å². The second-order valence-corrected chi connectivity index (χ2v) is 8.67. The van der Waals surface area contributed by atoms with E-state index in [1.54, 1.807) is 0 Å². The molecule has 0 bridgehead atoms. The van der Waals surface area contributed by atoms with E-state index in [4.69, 9.17) is 23.7 Å². The maximum atomic E-state index is 9.53. The molecular weight excluding hydrogens is 396 g/mol. The summed E-state index contributed by atoms with van der Waals surface area (Å²) in [6, 6.07) is 20.1. The lowest BCUT2D eigenvalue weighted by Crippen LogP contribution is -2.50. The van der Waals surface area contributed by atoms with E-state index < -0.39 is 17.7 Å². The van der Waals surface area contributed by atoms with Gasteiger partial charge in [-0.3, -0.25) is 0 Å². The normalized spacial score (nSPS) is 29.2. The molecule has 6 heteroatoms. The van der Waals surface area contributed by atoms with E-state index in [1.165, 1.54) is 0 Å². The Hall–Kier alpha value is -1.80. The van der Waals surface area contributed by atoms with Crippen molar-refractivity contribution in [2.24, 2.45) is 0 Å². The van der Waals surface area contributed by atoms with Crippen LogP contribution in [-0.4, -0.2) is 48.2 Å². The number of aliphatic hydroxyl groups excluding tert-OH is 1. The predicted octanol–water partition coefficient (Wildman–Crippen LogP) is 3.81. The molecule has 2 heterocycles. The van der Waals surface area contributed by atoms with E-state index in [0.29, 0.717) is 32.7 Å². The number of benzene rings is 2. The molecule has 0 saturated carbocycles. The van der Waals surface area contributed by atoms with E-state index in [2.05, 4.69) is 0 Å². The van der Waals surface area contributed by atoms with Crippen LogP contribution in [0.3, 0.4) is 0 Å². The van der Waals surface area contributed by atoms with Gasteiger partial charge in [-0.15, -0.1) is 0 Å². The van der Waals surface area contributed by atoms with Crippen molar-refractivity contribution in [2.75, 3.05) is 13.2 Å². The van der Waals surface area contributed by atoms with Crippen molar-refractivity contribution in [3.05, 3.63) is 71.8 Å². The zero-order valence-electron chi connectivity index (χ0n) is 18.2. The lowest BCUT2D eigenvalue weighted by Gasteiger charge is -2.36. The van der Waals surface area contributed by atoms with E-state index in [1.807, 2.05) is 74.5 Å². The Bertz CT molecular complexity index is 811. The van der Waals surface area contributed by atoms with Crippen LogP contribution in [0.1, 0.15) is 37.8 Å². The van der Waals surface area contributed by atoms with Crippen molar-refractivity contribution in [3.8, 4) is 0 Å². The Morgan fingerprint density at radius 2 is 1.52 bits per heavy atom. The maximum absolute atomic E-state index is 9.53. The fourth-order valence-electron chi connectivity index (χ4n) is 4.34. The van der Waals surface area contributed by atoms with Crippen molar-refractivity contribution >= 4 is 0 Å². The van der Waals surface area contributed by atoms with Gasteiger partial charge in [0.05, 0.1) is 19.8 Å². The Labute approximate surface area is 184 Å². The van der Waals surface area contributed by atoms with Crippen LogP contribution in [0.2, 0.25) is 0 Å². The highest BCUT2D eigenvalue weighted by Crippen LogP contribution is 2.46. The molecule has 31 heavy (non-hydrogen) atoms. The molecule has 6 nitrogen and oxygen atoms in total. The molecule has 2 aliphatic rings. The first-order valence-electron chi connectivity index (χ1n) is 10.9. The fraction of sp³-hybridized carbons (Fsp3) is 0.520. The summed E-state index contributed by atoms with van der Waals surface area (Å²) in [7, 11) is 0. The molecule has 2 saturated heterocycles. The molecule has 0 amide bonds. The average Bonchev–Trinajstić information content (AvgIpc) is 3.21. The number of fused-ring (bicyclic) bond motifs is 1. The lowest BCUT2D eigenvalue weighted by atomic mass is 9.90. The summed E-state index contributed by atoms with van der Waals surface area (Å²) < 4.78 is 31.2. The third kappa shape index (κ3) is 5.34. The van der Waals surface area contributed by atoms with Gasteiger partial charge < -0.3 is 28.8 Å². The monoisotopic (exact) mass is 428 g/mol. The number of ether oxygens (including phenoxy) is 5. The van der Waals surface area contributed by atoms with Crippen molar-refractivity contribution in [1.29, 1.82) is 0 Å². The van der Waals surface area contributed by atoms with Gasteiger partial charge in [0.15, 0.2) is 12.1 Å². The molecule has 4 atom stereocenters. The number of hydrogen-bond donors (Lipinski definition) is 1. The SMILES string of the molecule is CC1(C)OC2OC(CCCO)(COCc3ccccc3)C(OCc3ccccc3)C2O1. The standard InChI is InChI=1S/C25H32O6/c1-24(2)29-21-22(28-17-20-12-7-4-8-13-20)25(14-9-15-26,31-23(21)30-24)18-27-16-19-10-5-3-6-11-19/h3-8,10-13,21-23,26H,9,14-18H2,1-2H3. The summed E-state index contributed by atoms with van der Waals surface area (Å²) in [4.78, 5) is 0. The van der Waals surface area contributed by atoms with Crippen molar-refractivity contribution < 1.29 is 28.8 Å². The fourth-order valence-corrected chi connectivity index (χ4v) is 4.34. The summed E-state index contributed by atoms with van der Waals surface area (Å²) in [5, 5.41) is 9.53. The predicted molar refractivity (Wildman–Crippen MR) is 115 cm³/mol. The molecular formula is C25H32O6. The minimum absolute atomic E-state index is 0.0672. The Morgan fingerprint density at radius 3 is 2.16 bits per heavy atom. The molecule has 0 aromatic heterocycles. The Kier molecular flexibility index (Phi) is 7.06. The smallest absolute Gasteiger partial charge is 0.190 e. The zero-order valence-corrected chi connectivity index (χ0v) is 18.2. The van der Waals surface area contributed by atoms with Crippen LogP contribution in [0.4, 0.5) is 0 Å². The molecule has 0 radical (unpaired) electrons. The van der Waals surface area contributed by atoms with Crippen LogP contribution >= 0.6 is 0 Å². The first kappa shape index (κ1) is 22.4. The molecule has 2 aromatic rings. The quantitative estimate of drug-likeness (QED) is 0.621. The minimum atomic E-state index is -0.766. The maximum Gasteiger partial charge on any atom is 0.190 e. The van der Waals surface area contributed by atoms with E-state index in [0.717, 1.165) is 11.1 Å². The first-order valence-corrected chi connectivity index (χ1v) is 10.9. The first-order chi connectivity index (χ1) is 15.0. The zero-order chi connectivity index (χ0) is 21.7. The van der Waals surface area contributed by atoms with Gasteiger partial charge in [0.1, 0.15) is 17.8 Å². The van der Waals surface area contributed by atoms with Crippen molar-refractivity contribution in [3.63, 3.8) is 0 Å². The van der Waals surface area contributed by atoms with Crippen LogP contribution in [0.5, 0.6) is 0 Å². The van der Waals surface area contributed by atoms with Crippen molar-refractivity contribution in [2.45, 2.75) is 69.8 Å². The van der Waals surface area contributed by atoms with Crippen LogP contribution in [0, 0.1) is 0 Å². The number of rotatable bonds is 10. The highest BCUT2D eigenvalue weighted by molar-refractivity contribution is 5.15. The van der Waals surface area contributed by atoms with Gasteiger partial charge in [0.2, 0.25) is 0 Å². The molecule has 0 aliphatic carbocycles. The molecule has 0 spiro atoms. The van der Waals surface area contributed by atoms with Crippen LogP contribution in [-0.2, 0) is 36.9 Å². The molecule has 168 valence electrons. The van der Waals surface area contributed by atoms with E-state index in [9.17, 15) is 5.11 Å². The van der Waals surface area contributed by atoms with Gasteiger partial charge in [0, 0.05) is 6.61 Å². The average molecular weight is 429 g/mol. The minimum Gasteiger partial charge on any atom is -0.396 e. The van der Waals surface area contributed by atoms with Gasteiger partial charge in [-0.25, -0.2) is 0 Å².